The summed E-state index contributed by atoms with van der Waals surface area (Å²) in [5.41, 5.74) is 2.10. The highest BCUT2D eigenvalue weighted by atomic mass is 19.2. The Labute approximate surface area is 115 Å². The first-order chi connectivity index (χ1) is 9.51. The van der Waals surface area contributed by atoms with Gasteiger partial charge >= 0.3 is 0 Å². The summed E-state index contributed by atoms with van der Waals surface area (Å²) in [6.07, 6.45) is 0.932. The first kappa shape index (κ1) is 14.4. The van der Waals surface area contributed by atoms with Crippen LogP contribution in [0.25, 0.3) is 0 Å². The molecule has 0 amide bonds. The number of aryl methyl sites for hydroxylation is 1. The molecule has 0 radical (unpaired) electrons. The Kier molecular flexibility index (Phi) is 4.27. The number of pyridine rings is 1. The van der Waals surface area contributed by atoms with Crippen molar-refractivity contribution in [2.75, 3.05) is 5.32 Å². The molecule has 1 aromatic heterocycles. The fourth-order valence-corrected chi connectivity index (χ4v) is 1.88. The summed E-state index contributed by atoms with van der Waals surface area (Å²) >= 11 is 0. The molecule has 0 aliphatic heterocycles. The van der Waals surface area contributed by atoms with Gasteiger partial charge in [-0.3, -0.25) is 0 Å². The first-order valence-corrected chi connectivity index (χ1v) is 6.38. The van der Waals surface area contributed by atoms with Gasteiger partial charge in [0.2, 0.25) is 0 Å². The SMILES string of the molecule is CCc1ccc(C(C)Nc2nc(F)c(F)cc2F)cc1. The van der Waals surface area contributed by atoms with Crippen molar-refractivity contribution in [3.63, 3.8) is 0 Å². The van der Waals surface area contributed by atoms with Gasteiger partial charge in [-0.25, -0.2) is 8.78 Å². The van der Waals surface area contributed by atoms with Crippen molar-refractivity contribution in [2.45, 2.75) is 26.3 Å². The summed E-state index contributed by atoms with van der Waals surface area (Å²) in [5, 5.41) is 2.74. The lowest BCUT2D eigenvalue weighted by molar-refractivity contribution is 0.465. The van der Waals surface area contributed by atoms with E-state index in [0.717, 1.165) is 12.0 Å². The fourth-order valence-electron chi connectivity index (χ4n) is 1.88. The molecule has 0 spiro atoms. The Morgan fingerprint density at radius 1 is 1.10 bits per heavy atom. The zero-order valence-electron chi connectivity index (χ0n) is 11.3. The van der Waals surface area contributed by atoms with Crippen LogP contribution in [-0.4, -0.2) is 4.98 Å². The molecule has 5 heteroatoms. The smallest absolute Gasteiger partial charge is 0.251 e. The summed E-state index contributed by atoms with van der Waals surface area (Å²) in [6, 6.07) is 7.98. The Morgan fingerprint density at radius 3 is 2.35 bits per heavy atom. The van der Waals surface area contributed by atoms with Gasteiger partial charge in [0.1, 0.15) is 0 Å². The van der Waals surface area contributed by atoms with E-state index >= 15 is 0 Å². The number of hydrogen-bond acceptors (Lipinski definition) is 2. The van der Waals surface area contributed by atoms with E-state index in [-0.39, 0.29) is 11.9 Å². The molecule has 0 saturated carbocycles. The van der Waals surface area contributed by atoms with Gasteiger partial charge in [-0.05, 0) is 24.5 Å². The maximum atomic E-state index is 13.5. The number of hydrogen-bond donors (Lipinski definition) is 1. The molecule has 1 atom stereocenters. The minimum Gasteiger partial charge on any atom is -0.361 e. The number of benzene rings is 1. The normalized spacial score (nSPS) is 12.2. The maximum Gasteiger partial charge on any atom is 0.251 e. The average Bonchev–Trinajstić information content (AvgIpc) is 2.44. The largest absolute Gasteiger partial charge is 0.361 e. The molecule has 0 aliphatic rings. The molecule has 1 N–H and O–H groups in total. The fraction of sp³-hybridized carbons (Fsp3) is 0.267. The number of anilines is 1. The van der Waals surface area contributed by atoms with Crippen LogP contribution in [0.15, 0.2) is 30.3 Å². The van der Waals surface area contributed by atoms with Crippen LogP contribution in [0.3, 0.4) is 0 Å². The molecule has 2 nitrogen and oxygen atoms in total. The Bertz CT molecular complexity index is 597. The third kappa shape index (κ3) is 3.10. The van der Waals surface area contributed by atoms with E-state index in [4.69, 9.17) is 0 Å². The minimum atomic E-state index is -1.32. The van der Waals surface area contributed by atoms with Crippen LogP contribution in [0.5, 0.6) is 0 Å². The molecule has 0 aliphatic carbocycles. The second-order valence-corrected chi connectivity index (χ2v) is 4.55. The lowest BCUT2D eigenvalue weighted by Crippen LogP contribution is -2.11. The molecule has 0 saturated heterocycles. The maximum absolute atomic E-state index is 13.5. The van der Waals surface area contributed by atoms with E-state index in [2.05, 4.69) is 17.2 Å². The van der Waals surface area contributed by atoms with Crippen molar-refractivity contribution < 1.29 is 13.2 Å². The zero-order chi connectivity index (χ0) is 14.7. The van der Waals surface area contributed by atoms with Gasteiger partial charge in [-0.2, -0.15) is 9.37 Å². The van der Waals surface area contributed by atoms with Crippen molar-refractivity contribution in [2.24, 2.45) is 0 Å². The van der Waals surface area contributed by atoms with Gasteiger partial charge in [0.15, 0.2) is 17.5 Å². The van der Waals surface area contributed by atoms with Gasteiger partial charge in [0, 0.05) is 6.07 Å². The molecular formula is C15H15F3N2. The molecule has 2 aromatic rings. The van der Waals surface area contributed by atoms with Crippen LogP contribution in [-0.2, 0) is 6.42 Å². The predicted octanol–water partition coefficient (Wildman–Crippen LogP) is 4.23. The molecule has 0 bridgehead atoms. The minimum absolute atomic E-state index is 0.271. The highest BCUT2D eigenvalue weighted by molar-refractivity contribution is 5.40. The average molecular weight is 280 g/mol. The van der Waals surface area contributed by atoms with Crippen molar-refractivity contribution in [3.05, 3.63) is 59.0 Å². The van der Waals surface area contributed by atoms with E-state index in [1.807, 2.05) is 24.3 Å². The predicted molar refractivity (Wildman–Crippen MR) is 72.0 cm³/mol. The third-order valence-corrected chi connectivity index (χ3v) is 3.13. The van der Waals surface area contributed by atoms with Crippen molar-refractivity contribution in [3.8, 4) is 0 Å². The second-order valence-electron chi connectivity index (χ2n) is 4.55. The molecular weight excluding hydrogens is 265 g/mol. The standard InChI is InChI=1S/C15H15F3N2/c1-3-10-4-6-11(7-5-10)9(2)19-15-13(17)8-12(16)14(18)20-15/h4-9H,3H2,1-2H3,(H,19,20). The summed E-state index contributed by atoms with van der Waals surface area (Å²) < 4.78 is 39.3. The Hall–Kier alpha value is -2.04. The number of halogens is 3. The van der Waals surface area contributed by atoms with E-state index in [1.165, 1.54) is 5.56 Å². The quantitative estimate of drug-likeness (QED) is 0.847. The zero-order valence-corrected chi connectivity index (χ0v) is 11.3. The molecule has 1 unspecified atom stereocenters. The van der Waals surface area contributed by atoms with Gasteiger partial charge in [0.05, 0.1) is 6.04 Å². The van der Waals surface area contributed by atoms with Gasteiger partial charge in [-0.1, -0.05) is 31.2 Å². The summed E-state index contributed by atoms with van der Waals surface area (Å²) in [5.74, 6) is -3.83. The topological polar surface area (TPSA) is 24.9 Å². The van der Waals surface area contributed by atoms with E-state index in [9.17, 15) is 13.2 Å². The summed E-state index contributed by atoms with van der Waals surface area (Å²) in [4.78, 5) is 3.24. The van der Waals surface area contributed by atoms with Crippen molar-refractivity contribution in [1.82, 2.24) is 4.98 Å². The highest BCUT2D eigenvalue weighted by Gasteiger charge is 2.14. The Morgan fingerprint density at radius 2 is 1.75 bits per heavy atom. The first-order valence-electron chi connectivity index (χ1n) is 6.38. The van der Waals surface area contributed by atoms with Gasteiger partial charge < -0.3 is 5.32 Å². The van der Waals surface area contributed by atoms with Crippen LogP contribution < -0.4 is 5.32 Å². The molecule has 1 aromatic carbocycles. The highest BCUT2D eigenvalue weighted by Crippen LogP contribution is 2.21. The molecule has 2 rings (SSSR count). The molecule has 1 heterocycles. The van der Waals surface area contributed by atoms with E-state index < -0.39 is 17.6 Å². The number of nitrogens with zero attached hydrogens (tertiary/aromatic N) is 1. The molecule has 20 heavy (non-hydrogen) atoms. The second kappa shape index (κ2) is 5.94. The van der Waals surface area contributed by atoms with Crippen LogP contribution >= 0.6 is 0 Å². The summed E-state index contributed by atoms with van der Waals surface area (Å²) in [6.45, 7) is 3.85. The van der Waals surface area contributed by atoms with E-state index in [0.29, 0.717) is 6.07 Å². The lowest BCUT2D eigenvalue weighted by atomic mass is 10.1. The van der Waals surface area contributed by atoms with Crippen LogP contribution in [0.1, 0.15) is 31.0 Å². The molecule has 106 valence electrons. The van der Waals surface area contributed by atoms with Gasteiger partial charge in [-0.15, -0.1) is 0 Å². The van der Waals surface area contributed by atoms with Crippen molar-refractivity contribution in [1.29, 1.82) is 0 Å². The lowest BCUT2D eigenvalue weighted by Gasteiger charge is -2.16. The molecule has 0 fully saturated rings. The van der Waals surface area contributed by atoms with Crippen LogP contribution in [0, 0.1) is 17.6 Å². The van der Waals surface area contributed by atoms with Gasteiger partial charge in [0.25, 0.3) is 5.95 Å². The Balaban J connectivity index is 2.18. The van der Waals surface area contributed by atoms with E-state index in [1.54, 1.807) is 6.92 Å². The summed E-state index contributed by atoms with van der Waals surface area (Å²) in [7, 11) is 0. The van der Waals surface area contributed by atoms with Crippen molar-refractivity contribution >= 4 is 5.82 Å². The number of aromatic nitrogens is 1. The van der Waals surface area contributed by atoms with Crippen LogP contribution in [0.2, 0.25) is 0 Å². The monoisotopic (exact) mass is 280 g/mol. The third-order valence-electron chi connectivity index (χ3n) is 3.13. The number of rotatable bonds is 4. The van der Waals surface area contributed by atoms with Crippen LogP contribution in [0.4, 0.5) is 19.0 Å². The number of nitrogens with one attached hydrogen (secondary N) is 1.